The van der Waals surface area contributed by atoms with Crippen LogP contribution in [0.1, 0.15) is 75.1 Å². The highest BCUT2D eigenvalue weighted by Gasteiger charge is 2.30. The Balaban J connectivity index is 0.000000194. The molecule has 2 unspecified atom stereocenters. The molecule has 4 aromatic rings. The van der Waals surface area contributed by atoms with Crippen molar-refractivity contribution in [3.05, 3.63) is 119 Å². The van der Waals surface area contributed by atoms with Gasteiger partial charge in [0, 0.05) is 82.0 Å². The number of benzene rings is 2. The van der Waals surface area contributed by atoms with Crippen LogP contribution < -0.4 is 32.7 Å². The fourth-order valence-electron chi connectivity index (χ4n) is 8.50. The molecule has 0 aliphatic carbocycles. The number of allylic oxidation sites excluding steroid dienone is 2. The summed E-state index contributed by atoms with van der Waals surface area (Å²) in [6, 6.07) is 24.6. The van der Waals surface area contributed by atoms with E-state index in [9.17, 15) is 0 Å². The first-order valence-electron chi connectivity index (χ1n) is 23.0. The van der Waals surface area contributed by atoms with Crippen molar-refractivity contribution in [2.45, 2.75) is 64.5 Å². The fraction of sp³-hybridized carbons (Fsp3) is 0.400. The number of nitrogens with zero attached hydrogens (tertiary/aromatic N) is 10. The van der Waals surface area contributed by atoms with Gasteiger partial charge in [0.2, 0.25) is 0 Å². The molecule has 8 N–H and O–H groups in total. The van der Waals surface area contributed by atoms with Gasteiger partial charge in [0.15, 0.2) is 23.3 Å². The molecule has 0 spiro atoms. The average molecular weight is 879 g/mol. The number of likely N-dealkylation sites (tertiary alicyclic amines) is 1. The Morgan fingerprint density at radius 1 is 0.615 bits per heavy atom. The van der Waals surface area contributed by atoms with Gasteiger partial charge in [-0.1, -0.05) is 79.2 Å². The minimum atomic E-state index is 0.319. The van der Waals surface area contributed by atoms with Crippen molar-refractivity contribution in [1.82, 2.24) is 29.7 Å². The largest absolute Gasteiger partial charge is 0.402 e. The summed E-state index contributed by atoms with van der Waals surface area (Å²) < 4.78 is 5.80. The summed E-state index contributed by atoms with van der Waals surface area (Å²) in [4.78, 5) is 37.5. The van der Waals surface area contributed by atoms with Crippen LogP contribution >= 0.6 is 0 Å². The molecule has 2 aromatic heterocycles. The molecule has 0 amide bonds. The van der Waals surface area contributed by atoms with Crippen LogP contribution in [0.25, 0.3) is 24.3 Å². The van der Waals surface area contributed by atoms with E-state index in [4.69, 9.17) is 37.6 Å². The molecule has 65 heavy (non-hydrogen) atoms. The van der Waals surface area contributed by atoms with Crippen molar-refractivity contribution in [2.24, 2.45) is 32.9 Å². The van der Waals surface area contributed by atoms with E-state index in [2.05, 4.69) is 51.7 Å². The lowest BCUT2D eigenvalue weighted by atomic mass is 10.1. The van der Waals surface area contributed by atoms with Crippen molar-refractivity contribution in [3.63, 3.8) is 0 Å². The Labute approximate surface area is 384 Å². The Bertz CT molecular complexity index is 2320. The predicted molar refractivity (Wildman–Crippen MR) is 267 cm³/mol. The summed E-state index contributed by atoms with van der Waals surface area (Å²) in [5, 5.41) is 0. The van der Waals surface area contributed by atoms with Crippen LogP contribution in [-0.2, 0) is 4.74 Å². The molecule has 342 valence electrons. The van der Waals surface area contributed by atoms with Gasteiger partial charge in [0.05, 0.1) is 6.10 Å². The van der Waals surface area contributed by atoms with E-state index in [1.54, 1.807) is 26.0 Å². The van der Waals surface area contributed by atoms with E-state index in [1.807, 2.05) is 85.0 Å². The van der Waals surface area contributed by atoms with Gasteiger partial charge in [-0.2, -0.15) is 0 Å². The van der Waals surface area contributed by atoms with E-state index in [0.29, 0.717) is 58.5 Å². The van der Waals surface area contributed by atoms with Gasteiger partial charge in [-0.25, -0.2) is 29.9 Å². The molecule has 6 heterocycles. The highest BCUT2D eigenvalue weighted by Crippen LogP contribution is 2.27. The number of anilines is 2. The van der Waals surface area contributed by atoms with Gasteiger partial charge < -0.3 is 37.5 Å². The van der Waals surface area contributed by atoms with Gasteiger partial charge in [0.25, 0.3) is 0 Å². The van der Waals surface area contributed by atoms with Crippen molar-refractivity contribution < 1.29 is 4.74 Å². The summed E-state index contributed by atoms with van der Waals surface area (Å²) in [6.45, 7) is 13.6. The fourth-order valence-corrected chi connectivity index (χ4v) is 8.50. The molecule has 2 atom stereocenters. The number of nitrogens with two attached hydrogens (primary N) is 4. The maximum absolute atomic E-state index is 6.04. The number of aliphatic imine (C=N–C) groups is 2. The van der Waals surface area contributed by atoms with Gasteiger partial charge >= 0.3 is 0 Å². The van der Waals surface area contributed by atoms with Crippen LogP contribution in [0.3, 0.4) is 0 Å². The second kappa shape index (κ2) is 23.5. The van der Waals surface area contributed by atoms with Crippen LogP contribution in [0.5, 0.6) is 0 Å². The molecule has 0 bridgehead atoms. The first-order chi connectivity index (χ1) is 31.6. The molecule has 4 saturated heterocycles. The zero-order valence-corrected chi connectivity index (χ0v) is 38.1. The third-order valence-electron chi connectivity index (χ3n) is 11.7. The minimum Gasteiger partial charge on any atom is -0.402 e. The quantitative estimate of drug-likeness (QED) is 0.0854. The van der Waals surface area contributed by atoms with E-state index in [1.165, 1.54) is 45.2 Å². The van der Waals surface area contributed by atoms with Crippen LogP contribution in [0.4, 0.5) is 23.3 Å². The molecule has 4 aliphatic rings. The number of hydrogen-bond donors (Lipinski definition) is 4. The first kappa shape index (κ1) is 46.6. The number of aromatic nitrogens is 4. The van der Waals surface area contributed by atoms with Crippen molar-refractivity contribution in [3.8, 4) is 0 Å². The standard InChI is InChI=1S/C25H33N7O.C25H33N7/c1-19(26)16-22(27)28-24-17-25(30-23(29-24)10-9-20-6-3-2-4-7-20)32-13-11-31(12-14-32)18-21-8-5-15-33-21;1-19(26)16-22(27)28-24-17-25(30-23(29-24)11-10-20-8-4-2-5-9-20)32-15-12-21(18-32)31-13-6-3-7-14-31/h2-4,6-7,9-10,16-17,21H,5,8,11-15,18,26H2,1H3,(H2,27,28,29,30);2,4-5,8-11,16-17,21H,3,6-7,12-15,18,26H2,1H3,(H2,27,28,29,30)/b10-9+,19-16-;11-10+,19-16-. The van der Waals surface area contributed by atoms with Gasteiger partial charge in [-0.05, 0) is 94.5 Å². The zero-order valence-electron chi connectivity index (χ0n) is 38.1. The normalized spacial score (nSPS) is 20.8. The maximum Gasteiger partial charge on any atom is 0.160 e. The monoisotopic (exact) mass is 879 g/mol. The molecule has 2 aromatic carbocycles. The minimum absolute atomic E-state index is 0.319. The smallest absolute Gasteiger partial charge is 0.160 e. The third-order valence-corrected chi connectivity index (χ3v) is 11.7. The van der Waals surface area contributed by atoms with Crippen molar-refractivity contribution in [2.75, 3.05) is 75.3 Å². The number of piperidine rings is 1. The summed E-state index contributed by atoms with van der Waals surface area (Å²) in [6.07, 6.45) is 19.0. The molecule has 0 saturated carbocycles. The highest BCUT2D eigenvalue weighted by atomic mass is 16.5. The Morgan fingerprint density at radius 3 is 1.66 bits per heavy atom. The van der Waals surface area contributed by atoms with Gasteiger partial charge in [0.1, 0.15) is 23.3 Å². The number of ether oxygens (including phenoxy) is 1. The first-order valence-corrected chi connectivity index (χ1v) is 23.0. The Morgan fingerprint density at radius 2 is 1.15 bits per heavy atom. The molecule has 15 nitrogen and oxygen atoms in total. The number of amidine groups is 2. The second-order valence-corrected chi connectivity index (χ2v) is 17.1. The topological polar surface area (TPSA) is 203 Å². The number of piperazine rings is 1. The molecule has 15 heteroatoms. The van der Waals surface area contributed by atoms with E-state index < -0.39 is 0 Å². The van der Waals surface area contributed by atoms with E-state index >= 15 is 0 Å². The SMILES string of the molecule is C/C(N)=C/C(N)=N\c1cc(N2CCC(N3CCCCC3)C2)nc(/C=C/c2ccccc2)n1.C/C(N)=C/C(N)=N\c1cc(N2CCN(CC3CCCO3)CC2)nc(/C=C/c2ccccc2)n1. The average Bonchev–Trinajstić information content (AvgIpc) is 4.02. The third kappa shape index (κ3) is 14.8. The molecule has 4 aliphatic heterocycles. The van der Waals surface area contributed by atoms with Crippen molar-refractivity contribution >= 4 is 59.2 Å². The predicted octanol–water partition coefficient (Wildman–Crippen LogP) is 6.36. The lowest BCUT2D eigenvalue weighted by Crippen LogP contribution is -2.48. The van der Waals surface area contributed by atoms with Crippen LogP contribution in [-0.4, -0.2) is 119 Å². The number of hydrogen-bond acceptors (Lipinski definition) is 13. The van der Waals surface area contributed by atoms with Crippen LogP contribution in [0.15, 0.2) is 106 Å². The number of rotatable bonds is 13. The molecule has 0 radical (unpaired) electrons. The van der Waals surface area contributed by atoms with Crippen molar-refractivity contribution in [1.29, 1.82) is 0 Å². The summed E-state index contributed by atoms with van der Waals surface area (Å²) >= 11 is 0. The lowest BCUT2D eigenvalue weighted by molar-refractivity contribution is 0.0712. The second-order valence-electron chi connectivity index (χ2n) is 17.1. The van der Waals surface area contributed by atoms with Gasteiger partial charge in [-0.3, -0.25) is 9.80 Å². The summed E-state index contributed by atoms with van der Waals surface area (Å²) in [5.74, 6) is 4.68. The van der Waals surface area contributed by atoms with Crippen LogP contribution in [0, 0.1) is 0 Å². The zero-order chi connectivity index (χ0) is 45.4. The molecular weight excluding hydrogens is 813 g/mol. The Kier molecular flexibility index (Phi) is 16.8. The highest BCUT2D eigenvalue weighted by molar-refractivity contribution is 5.94. The molecule has 4 fully saturated rings. The maximum atomic E-state index is 6.04. The van der Waals surface area contributed by atoms with Gasteiger partial charge in [-0.15, -0.1) is 0 Å². The lowest BCUT2D eigenvalue weighted by Gasteiger charge is -2.36. The molecule has 8 rings (SSSR count). The Hall–Kier alpha value is -6.42. The summed E-state index contributed by atoms with van der Waals surface area (Å²) in [5.41, 5.74) is 26.9. The van der Waals surface area contributed by atoms with Crippen LogP contribution in [0.2, 0.25) is 0 Å². The van der Waals surface area contributed by atoms with E-state index in [-0.39, 0.29) is 0 Å². The molecular formula is C50H66N14O. The summed E-state index contributed by atoms with van der Waals surface area (Å²) in [7, 11) is 0. The van der Waals surface area contributed by atoms with E-state index in [0.717, 1.165) is 81.6 Å².